The van der Waals surface area contributed by atoms with Gasteiger partial charge in [-0.15, -0.1) is 0 Å². The maximum atomic E-state index is 13.5. The Labute approximate surface area is 213 Å². The first-order valence-corrected chi connectivity index (χ1v) is 12.8. The molecule has 8 nitrogen and oxygen atoms in total. The fourth-order valence-corrected chi connectivity index (χ4v) is 5.23. The highest BCUT2D eigenvalue weighted by molar-refractivity contribution is 9.10. The van der Waals surface area contributed by atoms with Gasteiger partial charge < -0.3 is 9.84 Å². The van der Waals surface area contributed by atoms with Crippen molar-refractivity contribution in [3.8, 4) is 11.5 Å². The number of anilines is 1. The number of phenolic OH excluding ortho intramolecular Hbond substituents is 1. The molecule has 0 heterocycles. The van der Waals surface area contributed by atoms with E-state index in [4.69, 9.17) is 4.74 Å². The van der Waals surface area contributed by atoms with E-state index in [0.717, 1.165) is 15.4 Å². The quantitative estimate of drug-likeness (QED) is 0.313. The van der Waals surface area contributed by atoms with Crippen LogP contribution in [0.3, 0.4) is 0 Å². The van der Waals surface area contributed by atoms with Crippen molar-refractivity contribution in [2.75, 3.05) is 18.0 Å². The van der Waals surface area contributed by atoms with Crippen molar-refractivity contribution in [1.82, 2.24) is 5.43 Å². The van der Waals surface area contributed by atoms with E-state index in [2.05, 4.69) is 26.5 Å². The SMILES string of the molecule is COc1cc(/C=N\NC(=O)CN(c2cc(C)ccc2C)S(=O)(=O)c2ccc(C)cc2)cc(Br)c1O. The molecule has 0 aromatic heterocycles. The predicted octanol–water partition coefficient (Wildman–Crippen LogP) is 4.43. The lowest BCUT2D eigenvalue weighted by molar-refractivity contribution is -0.119. The monoisotopic (exact) mass is 559 g/mol. The zero-order valence-corrected chi connectivity index (χ0v) is 22.1. The molecule has 0 saturated heterocycles. The number of methoxy groups -OCH3 is 1. The molecule has 184 valence electrons. The highest BCUT2D eigenvalue weighted by atomic mass is 79.9. The van der Waals surface area contributed by atoms with E-state index in [1.165, 1.54) is 25.5 Å². The summed E-state index contributed by atoms with van der Waals surface area (Å²) in [6, 6.07) is 15.0. The van der Waals surface area contributed by atoms with E-state index in [0.29, 0.717) is 21.3 Å². The van der Waals surface area contributed by atoms with Crippen LogP contribution in [-0.2, 0) is 14.8 Å². The second kappa shape index (κ2) is 10.9. The molecule has 35 heavy (non-hydrogen) atoms. The third-order valence-electron chi connectivity index (χ3n) is 5.20. The summed E-state index contributed by atoms with van der Waals surface area (Å²) in [5.74, 6) is -0.445. The molecule has 0 aliphatic rings. The van der Waals surface area contributed by atoms with E-state index in [-0.39, 0.29) is 16.4 Å². The Morgan fingerprint density at radius 1 is 1.09 bits per heavy atom. The molecule has 0 saturated carbocycles. The van der Waals surface area contributed by atoms with Gasteiger partial charge in [0.05, 0.1) is 28.4 Å². The Balaban J connectivity index is 1.88. The molecule has 0 bridgehead atoms. The number of carbonyl (C=O) groups is 1. The lowest BCUT2D eigenvalue weighted by Crippen LogP contribution is -2.40. The minimum absolute atomic E-state index is 0.0563. The molecule has 1 amide bonds. The van der Waals surface area contributed by atoms with Crippen LogP contribution in [0.2, 0.25) is 0 Å². The van der Waals surface area contributed by atoms with E-state index >= 15 is 0 Å². The summed E-state index contributed by atoms with van der Waals surface area (Å²) in [6.45, 7) is 5.04. The molecule has 2 N–H and O–H groups in total. The first kappa shape index (κ1) is 26.2. The highest BCUT2D eigenvalue weighted by Gasteiger charge is 2.28. The van der Waals surface area contributed by atoms with Crippen LogP contribution >= 0.6 is 15.9 Å². The third kappa shape index (κ3) is 6.20. The number of nitrogens with one attached hydrogen (secondary N) is 1. The summed E-state index contributed by atoms with van der Waals surface area (Å²) < 4.78 is 33.7. The standard InChI is InChI=1S/C25H26BrN3O5S/c1-16-6-9-20(10-7-16)35(32,33)29(22-11-17(2)5-8-18(22)3)15-24(30)28-27-14-19-12-21(26)25(31)23(13-19)34-4/h5-14,31H,15H2,1-4H3,(H,28,30)/b27-14-. The average Bonchev–Trinajstić information content (AvgIpc) is 2.81. The molecule has 3 rings (SSSR count). The Bertz CT molecular complexity index is 1370. The van der Waals surface area contributed by atoms with Crippen LogP contribution in [0.15, 0.2) is 69.1 Å². The number of nitrogens with zero attached hydrogens (tertiary/aromatic N) is 2. The van der Waals surface area contributed by atoms with Crippen molar-refractivity contribution in [1.29, 1.82) is 0 Å². The van der Waals surface area contributed by atoms with Crippen LogP contribution in [0.5, 0.6) is 11.5 Å². The average molecular weight is 560 g/mol. The van der Waals surface area contributed by atoms with Crippen molar-refractivity contribution >= 4 is 43.8 Å². The van der Waals surface area contributed by atoms with Crippen molar-refractivity contribution in [2.45, 2.75) is 25.7 Å². The fourth-order valence-electron chi connectivity index (χ4n) is 3.29. The molecular formula is C25H26BrN3O5S. The van der Waals surface area contributed by atoms with Gasteiger partial charge in [0.1, 0.15) is 6.54 Å². The lowest BCUT2D eigenvalue weighted by atomic mass is 10.1. The minimum Gasteiger partial charge on any atom is -0.503 e. The summed E-state index contributed by atoms with van der Waals surface area (Å²) in [5.41, 5.74) is 5.83. The van der Waals surface area contributed by atoms with E-state index in [1.54, 1.807) is 37.3 Å². The number of hydrogen-bond donors (Lipinski definition) is 2. The number of benzene rings is 3. The second-order valence-corrected chi connectivity index (χ2v) is 10.7. The normalized spacial score (nSPS) is 11.5. The van der Waals surface area contributed by atoms with Crippen molar-refractivity contribution < 1.29 is 23.1 Å². The number of hydrogen-bond acceptors (Lipinski definition) is 6. The zero-order chi connectivity index (χ0) is 25.8. The number of ether oxygens (including phenoxy) is 1. The number of amides is 1. The molecule has 0 aliphatic heterocycles. The molecule has 0 aliphatic carbocycles. The first-order chi connectivity index (χ1) is 16.5. The van der Waals surface area contributed by atoms with Gasteiger partial charge in [0, 0.05) is 0 Å². The summed E-state index contributed by atoms with van der Waals surface area (Å²) in [7, 11) is -2.61. The minimum atomic E-state index is -4.03. The van der Waals surface area contributed by atoms with Gasteiger partial charge in [0.15, 0.2) is 11.5 Å². The van der Waals surface area contributed by atoms with Gasteiger partial charge in [-0.3, -0.25) is 9.10 Å². The van der Waals surface area contributed by atoms with Gasteiger partial charge in [-0.1, -0.05) is 29.8 Å². The Morgan fingerprint density at radius 3 is 2.40 bits per heavy atom. The smallest absolute Gasteiger partial charge is 0.264 e. The molecule has 0 atom stereocenters. The number of aromatic hydroxyl groups is 1. The summed E-state index contributed by atoms with van der Waals surface area (Å²) in [6.07, 6.45) is 1.36. The van der Waals surface area contributed by atoms with E-state index in [9.17, 15) is 18.3 Å². The van der Waals surface area contributed by atoms with E-state index < -0.39 is 22.5 Å². The number of hydrazone groups is 1. The molecule has 0 spiro atoms. The van der Waals surface area contributed by atoms with Crippen molar-refractivity contribution in [2.24, 2.45) is 5.10 Å². The fraction of sp³-hybridized carbons (Fsp3) is 0.200. The van der Waals surface area contributed by atoms with Gasteiger partial charge in [-0.05, 0) is 83.7 Å². The molecule has 0 radical (unpaired) electrons. The maximum Gasteiger partial charge on any atom is 0.264 e. The summed E-state index contributed by atoms with van der Waals surface area (Å²) in [5, 5.41) is 13.9. The topological polar surface area (TPSA) is 108 Å². The number of aryl methyl sites for hydroxylation is 3. The zero-order valence-electron chi connectivity index (χ0n) is 19.7. The van der Waals surface area contributed by atoms with Crippen LogP contribution in [0.25, 0.3) is 0 Å². The summed E-state index contributed by atoms with van der Waals surface area (Å²) in [4.78, 5) is 12.9. The van der Waals surface area contributed by atoms with Gasteiger partial charge in [-0.2, -0.15) is 5.10 Å². The van der Waals surface area contributed by atoms with Gasteiger partial charge in [0.2, 0.25) is 0 Å². The number of phenols is 1. The van der Waals surface area contributed by atoms with Crippen LogP contribution in [0, 0.1) is 20.8 Å². The van der Waals surface area contributed by atoms with Crippen molar-refractivity contribution in [3.05, 3.63) is 81.3 Å². The molecule has 3 aromatic rings. The highest BCUT2D eigenvalue weighted by Crippen LogP contribution is 2.34. The number of sulfonamides is 1. The predicted molar refractivity (Wildman–Crippen MR) is 140 cm³/mol. The largest absolute Gasteiger partial charge is 0.503 e. The first-order valence-electron chi connectivity index (χ1n) is 10.6. The molecular weight excluding hydrogens is 534 g/mol. The maximum absolute atomic E-state index is 13.5. The molecule has 0 unspecified atom stereocenters. The second-order valence-electron chi connectivity index (χ2n) is 7.96. The molecule has 3 aromatic carbocycles. The van der Waals surface area contributed by atoms with Gasteiger partial charge >= 0.3 is 0 Å². The number of halogens is 1. The lowest BCUT2D eigenvalue weighted by Gasteiger charge is -2.25. The van der Waals surface area contributed by atoms with Crippen molar-refractivity contribution in [3.63, 3.8) is 0 Å². The Morgan fingerprint density at radius 2 is 1.74 bits per heavy atom. The van der Waals surface area contributed by atoms with Crippen LogP contribution in [0.1, 0.15) is 22.3 Å². The van der Waals surface area contributed by atoms with E-state index in [1.807, 2.05) is 26.0 Å². The summed E-state index contributed by atoms with van der Waals surface area (Å²) >= 11 is 3.23. The van der Waals surface area contributed by atoms with Gasteiger partial charge in [0.25, 0.3) is 15.9 Å². The third-order valence-corrected chi connectivity index (χ3v) is 7.58. The molecule has 10 heteroatoms. The molecule has 0 fully saturated rings. The van der Waals surface area contributed by atoms with Gasteiger partial charge in [-0.25, -0.2) is 13.8 Å². The number of rotatable bonds is 8. The van der Waals surface area contributed by atoms with Crippen LogP contribution in [-0.4, -0.2) is 39.3 Å². The number of carbonyl (C=O) groups excluding carboxylic acids is 1. The van der Waals surface area contributed by atoms with Crippen LogP contribution in [0.4, 0.5) is 5.69 Å². The Hall–Kier alpha value is -3.37. The van der Waals surface area contributed by atoms with Crippen LogP contribution < -0.4 is 14.5 Å². The Kier molecular flexibility index (Phi) is 8.18.